The monoisotopic (exact) mass is 263 g/mol. The highest BCUT2D eigenvalue weighted by Gasteiger charge is 2.10. The summed E-state index contributed by atoms with van der Waals surface area (Å²) >= 11 is 0. The first-order valence-electron chi connectivity index (χ1n) is 6.93. The molecule has 6 heteroatoms. The minimum atomic E-state index is 0.587. The normalized spacial score (nSPS) is 10.8. The maximum absolute atomic E-state index is 5.75. The van der Waals surface area contributed by atoms with E-state index in [1.165, 1.54) is 12.8 Å². The number of unbranched alkanes of at least 4 members (excludes halogenated alkanes) is 2. The van der Waals surface area contributed by atoms with Crippen LogP contribution in [-0.2, 0) is 0 Å². The summed E-state index contributed by atoms with van der Waals surface area (Å²) in [5.74, 6) is 1.19. The molecule has 0 saturated carbocycles. The second kappa shape index (κ2) is 6.92. The van der Waals surface area contributed by atoms with Gasteiger partial charge in [-0.25, -0.2) is 0 Å². The minimum Gasteiger partial charge on any atom is -0.477 e. The largest absolute Gasteiger partial charge is 0.477 e. The molecule has 19 heavy (non-hydrogen) atoms. The highest BCUT2D eigenvalue weighted by molar-refractivity contribution is 5.80. The quantitative estimate of drug-likeness (QED) is 0.716. The van der Waals surface area contributed by atoms with Crippen molar-refractivity contribution < 1.29 is 4.74 Å². The van der Waals surface area contributed by atoms with Crippen LogP contribution in [0.1, 0.15) is 39.5 Å². The van der Waals surface area contributed by atoms with Gasteiger partial charge in [0.25, 0.3) is 0 Å². The molecular formula is C13H21N5O. The van der Waals surface area contributed by atoms with Crippen LogP contribution in [0.3, 0.4) is 0 Å². The number of aromatic amines is 1. The molecule has 0 atom stereocenters. The number of nitrogens with one attached hydrogen (secondary N) is 2. The number of rotatable bonds is 8. The van der Waals surface area contributed by atoms with Crippen molar-refractivity contribution in [2.24, 2.45) is 0 Å². The maximum atomic E-state index is 5.75. The number of hydrogen-bond donors (Lipinski definition) is 2. The molecule has 2 aromatic rings. The number of ether oxygens (including phenoxy) is 1. The Kier molecular flexibility index (Phi) is 4.94. The van der Waals surface area contributed by atoms with Crippen LogP contribution in [0.15, 0.2) is 6.20 Å². The van der Waals surface area contributed by atoms with Gasteiger partial charge in [0.15, 0.2) is 5.65 Å². The SMILES string of the molecule is CCCCCOc1nc(NCCC)nc2[nH]ncc12. The van der Waals surface area contributed by atoms with Gasteiger partial charge in [0.2, 0.25) is 11.8 Å². The van der Waals surface area contributed by atoms with E-state index in [1.807, 2.05) is 0 Å². The predicted molar refractivity (Wildman–Crippen MR) is 75.5 cm³/mol. The van der Waals surface area contributed by atoms with E-state index in [2.05, 4.69) is 39.3 Å². The molecule has 0 fully saturated rings. The number of fused-ring (bicyclic) bond motifs is 1. The lowest BCUT2D eigenvalue weighted by Crippen LogP contribution is -2.07. The van der Waals surface area contributed by atoms with Gasteiger partial charge in [0, 0.05) is 6.54 Å². The van der Waals surface area contributed by atoms with Crippen LogP contribution in [-0.4, -0.2) is 33.3 Å². The molecule has 0 saturated heterocycles. The molecule has 0 aromatic carbocycles. The summed E-state index contributed by atoms with van der Waals surface area (Å²) in [6.07, 6.45) is 6.11. The highest BCUT2D eigenvalue weighted by atomic mass is 16.5. The van der Waals surface area contributed by atoms with Crippen molar-refractivity contribution in [2.45, 2.75) is 39.5 Å². The van der Waals surface area contributed by atoms with Gasteiger partial charge in [-0.3, -0.25) is 5.10 Å². The van der Waals surface area contributed by atoms with Crippen LogP contribution in [0.25, 0.3) is 11.0 Å². The van der Waals surface area contributed by atoms with Crippen molar-refractivity contribution in [3.8, 4) is 5.88 Å². The fourth-order valence-corrected chi connectivity index (χ4v) is 1.76. The van der Waals surface area contributed by atoms with Gasteiger partial charge < -0.3 is 10.1 Å². The second-order valence-electron chi connectivity index (χ2n) is 4.47. The number of H-pyrrole nitrogens is 1. The Morgan fingerprint density at radius 2 is 2.11 bits per heavy atom. The van der Waals surface area contributed by atoms with Crippen LogP contribution < -0.4 is 10.1 Å². The number of hydrogen-bond acceptors (Lipinski definition) is 5. The summed E-state index contributed by atoms with van der Waals surface area (Å²) < 4.78 is 5.75. The molecular weight excluding hydrogens is 242 g/mol. The summed E-state index contributed by atoms with van der Waals surface area (Å²) in [6, 6.07) is 0. The summed E-state index contributed by atoms with van der Waals surface area (Å²) in [7, 11) is 0. The Morgan fingerprint density at radius 3 is 2.89 bits per heavy atom. The third-order valence-electron chi connectivity index (χ3n) is 2.79. The molecule has 104 valence electrons. The van der Waals surface area contributed by atoms with Crippen LogP contribution >= 0.6 is 0 Å². The van der Waals surface area contributed by atoms with Gasteiger partial charge in [0.05, 0.1) is 12.8 Å². The number of nitrogens with zero attached hydrogens (tertiary/aromatic N) is 3. The zero-order valence-electron chi connectivity index (χ0n) is 11.6. The zero-order valence-corrected chi connectivity index (χ0v) is 11.6. The van der Waals surface area contributed by atoms with Gasteiger partial charge in [-0.2, -0.15) is 15.1 Å². The zero-order chi connectivity index (χ0) is 13.5. The lowest BCUT2D eigenvalue weighted by atomic mass is 10.3. The first-order valence-corrected chi connectivity index (χ1v) is 6.93. The lowest BCUT2D eigenvalue weighted by molar-refractivity contribution is 0.299. The molecule has 0 spiro atoms. The Bertz CT molecular complexity index is 511. The fourth-order valence-electron chi connectivity index (χ4n) is 1.76. The van der Waals surface area contributed by atoms with Gasteiger partial charge in [-0.05, 0) is 12.8 Å². The molecule has 0 aliphatic carbocycles. The van der Waals surface area contributed by atoms with E-state index in [0.29, 0.717) is 24.1 Å². The van der Waals surface area contributed by atoms with Crippen LogP contribution in [0, 0.1) is 0 Å². The first kappa shape index (κ1) is 13.6. The molecule has 0 bridgehead atoms. The molecule has 0 radical (unpaired) electrons. The van der Waals surface area contributed by atoms with Crippen molar-refractivity contribution in [1.82, 2.24) is 20.2 Å². The molecule has 2 N–H and O–H groups in total. The highest BCUT2D eigenvalue weighted by Crippen LogP contribution is 2.22. The van der Waals surface area contributed by atoms with Crippen molar-refractivity contribution >= 4 is 17.0 Å². The molecule has 2 aromatic heterocycles. The van der Waals surface area contributed by atoms with E-state index < -0.39 is 0 Å². The van der Waals surface area contributed by atoms with Gasteiger partial charge in [-0.1, -0.05) is 26.7 Å². The van der Waals surface area contributed by atoms with Gasteiger partial charge >= 0.3 is 0 Å². The predicted octanol–water partition coefficient (Wildman–Crippen LogP) is 2.74. The van der Waals surface area contributed by atoms with Crippen molar-refractivity contribution in [2.75, 3.05) is 18.5 Å². The Balaban J connectivity index is 2.12. The first-order chi connectivity index (χ1) is 9.35. The molecule has 0 unspecified atom stereocenters. The third kappa shape index (κ3) is 3.56. The average molecular weight is 263 g/mol. The van der Waals surface area contributed by atoms with E-state index in [0.717, 1.165) is 24.8 Å². The third-order valence-corrected chi connectivity index (χ3v) is 2.79. The second-order valence-corrected chi connectivity index (χ2v) is 4.47. The Hall–Kier alpha value is -1.85. The summed E-state index contributed by atoms with van der Waals surface area (Å²) in [5, 5.41) is 10.8. The van der Waals surface area contributed by atoms with Crippen LogP contribution in [0.5, 0.6) is 5.88 Å². The average Bonchev–Trinajstić information content (AvgIpc) is 2.89. The summed E-state index contributed by atoms with van der Waals surface area (Å²) in [5.41, 5.74) is 0.707. The topological polar surface area (TPSA) is 75.7 Å². The minimum absolute atomic E-state index is 0.587. The number of aromatic nitrogens is 4. The molecule has 0 aliphatic rings. The molecule has 2 rings (SSSR count). The fraction of sp³-hybridized carbons (Fsp3) is 0.615. The van der Waals surface area contributed by atoms with Gasteiger partial charge in [-0.15, -0.1) is 0 Å². The van der Waals surface area contributed by atoms with E-state index in [1.54, 1.807) is 6.20 Å². The van der Waals surface area contributed by atoms with E-state index >= 15 is 0 Å². The number of anilines is 1. The molecule has 2 heterocycles. The standard InChI is InChI=1S/C13H21N5O/c1-3-5-6-8-19-12-10-9-15-18-11(10)16-13(17-12)14-7-4-2/h9H,3-8H2,1-2H3,(H2,14,15,16,17,18). The van der Waals surface area contributed by atoms with Crippen molar-refractivity contribution in [3.05, 3.63) is 6.20 Å². The van der Waals surface area contributed by atoms with Crippen LogP contribution in [0.2, 0.25) is 0 Å². The maximum Gasteiger partial charge on any atom is 0.229 e. The molecule has 0 aliphatic heterocycles. The van der Waals surface area contributed by atoms with Crippen LogP contribution in [0.4, 0.5) is 5.95 Å². The van der Waals surface area contributed by atoms with Crippen molar-refractivity contribution in [3.63, 3.8) is 0 Å². The summed E-state index contributed by atoms with van der Waals surface area (Å²) in [6.45, 7) is 5.79. The smallest absolute Gasteiger partial charge is 0.229 e. The molecule has 0 amide bonds. The Labute approximate surface area is 113 Å². The molecule has 6 nitrogen and oxygen atoms in total. The summed E-state index contributed by atoms with van der Waals surface area (Å²) in [4.78, 5) is 8.76. The Morgan fingerprint density at radius 1 is 1.21 bits per heavy atom. The van der Waals surface area contributed by atoms with E-state index in [9.17, 15) is 0 Å². The van der Waals surface area contributed by atoms with Crippen molar-refractivity contribution in [1.29, 1.82) is 0 Å². The van der Waals surface area contributed by atoms with E-state index in [4.69, 9.17) is 4.74 Å². The van der Waals surface area contributed by atoms with Gasteiger partial charge in [0.1, 0.15) is 5.39 Å². The van der Waals surface area contributed by atoms with E-state index in [-0.39, 0.29) is 0 Å². The lowest BCUT2D eigenvalue weighted by Gasteiger charge is -2.08.